The first-order chi connectivity index (χ1) is 15.7. The Labute approximate surface area is 200 Å². The van der Waals surface area contributed by atoms with Gasteiger partial charge in [0.15, 0.2) is 0 Å². The van der Waals surface area contributed by atoms with Crippen LogP contribution < -0.4 is 10.6 Å². The van der Waals surface area contributed by atoms with Crippen molar-refractivity contribution < 1.29 is 9.59 Å². The van der Waals surface area contributed by atoms with Crippen molar-refractivity contribution in [3.8, 4) is 0 Å². The Kier molecular flexibility index (Phi) is 6.71. The molecule has 172 valence electrons. The molecular weight excluding hydrogens is 428 g/mol. The quantitative estimate of drug-likeness (QED) is 0.448. The average molecular weight is 461 g/mol. The normalized spacial score (nSPS) is 16.5. The van der Waals surface area contributed by atoms with Gasteiger partial charge in [-0.1, -0.05) is 69.3 Å². The van der Waals surface area contributed by atoms with Crippen LogP contribution in [-0.2, 0) is 12.8 Å². The second kappa shape index (κ2) is 9.52. The van der Waals surface area contributed by atoms with E-state index in [-0.39, 0.29) is 23.3 Å². The summed E-state index contributed by atoms with van der Waals surface area (Å²) in [5, 5.41) is 6.86. The third kappa shape index (κ3) is 5.19. The maximum atomic E-state index is 13.5. The molecule has 1 aliphatic carbocycles. The molecule has 5 heteroatoms. The van der Waals surface area contributed by atoms with Gasteiger partial charge in [-0.25, -0.2) is 0 Å². The molecule has 0 saturated heterocycles. The summed E-state index contributed by atoms with van der Waals surface area (Å²) >= 11 is 1.56. The highest BCUT2D eigenvalue weighted by molar-refractivity contribution is 7.17. The van der Waals surface area contributed by atoms with Crippen LogP contribution in [0.3, 0.4) is 0 Å². The number of hydrogen-bond acceptors (Lipinski definition) is 3. The summed E-state index contributed by atoms with van der Waals surface area (Å²) in [7, 11) is 0. The Morgan fingerprint density at radius 3 is 2.24 bits per heavy atom. The van der Waals surface area contributed by atoms with E-state index >= 15 is 0 Å². The second-order valence-corrected chi connectivity index (χ2v) is 11.0. The topological polar surface area (TPSA) is 58.2 Å². The van der Waals surface area contributed by atoms with Crippen molar-refractivity contribution in [1.29, 1.82) is 0 Å². The highest BCUT2D eigenvalue weighted by atomic mass is 32.1. The summed E-state index contributed by atoms with van der Waals surface area (Å²) in [6.07, 6.45) is 2.85. The number of rotatable bonds is 5. The van der Waals surface area contributed by atoms with Gasteiger partial charge in [-0.2, -0.15) is 0 Å². The van der Waals surface area contributed by atoms with Crippen molar-refractivity contribution in [3.05, 3.63) is 87.8 Å². The Morgan fingerprint density at radius 1 is 0.970 bits per heavy atom. The van der Waals surface area contributed by atoms with Gasteiger partial charge < -0.3 is 10.6 Å². The molecule has 0 bridgehead atoms. The maximum Gasteiger partial charge on any atom is 0.256 e. The van der Waals surface area contributed by atoms with E-state index in [1.807, 2.05) is 55.5 Å². The van der Waals surface area contributed by atoms with Crippen molar-refractivity contribution in [2.45, 2.75) is 53.0 Å². The van der Waals surface area contributed by atoms with Gasteiger partial charge in [0.2, 0.25) is 0 Å². The van der Waals surface area contributed by atoms with E-state index in [9.17, 15) is 9.59 Å². The standard InChI is InChI=1S/C28H32N2O2S/c1-18(19-11-7-5-8-12-19)29-26(32)24-22-16-15-21(28(2,3)4)17-23(22)33-27(24)30-25(31)20-13-9-6-10-14-20/h5-14,18,21H,15-17H2,1-4H3,(H,29,32)(H,30,31)/t18-,21-/m1/s1. The molecule has 3 aromatic rings. The van der Waals surface area contributed by atoms with Crippen LogP contribution >= 0.6 is 11.3 Å². The summed E-state index contributed by atoms with van der Waals surface area (Å²) in [4.78, 5) is 27.7. The van der Waals surface area contributed by atoms with Crippen LogP contribution in [0.15, 0.2) is 60.7 Å². The number of hydrogen-bond donors (Lipinski definition) is 2. The highest BCUT2D eigenvalue weighted by Crippen LogP contribution is 2.44. The van der Waals surface area contributed by atoms with Crippen molar-refractivity contribution in [2.75, 3.05) is 5.32 Å². The molecule has 4 rings (SSSR count). The van der Waals surface area contributed by atoms with Gasteiger partial charge >= 0.3 is 0 Å². The molecule has 2 atom stereocenters. The lowest BCUT2D eigenvalue weighted by atomic mass is 9.72. The lowest BCUT2D eigenvalue weighted by Gasteiger charge is -2.34. The summed E-state index contributed by atoms with van der Waals surface area (Å²) < 4.78 is 0. The number of thiophene rings is 1. The van der Waals surface area contributed by atoms with Gasteiger partial charge in [0.25, 0.3) is 11.8 Å². The molecule has 2 amide bonds. The SMILES string of the molecule is C[C@@H](NC(=O)c1c(NC(=O)c2ccccc2)sc2c1CC[C@@H](C(C)(C)C)C2)c1ccccc1. The number of anilines is 1. The smallest absolute Gasteiger partial charge is 0.256 e. The summed E-state index contributed by atoms with van der Waals surface area (Å²) in [5.74, 6) is 0.244. The molecule has 0 spiro atoms. The first-order valence-corrected chi connectivity index (χ1v) is 12.4. The minimum Gasteiger partial charge on any atom is -0.345 e. The van der Waals surface area contributed by atoms with Crippen LogP contribution in [0.2, 0.25) is 0 Å². The number of amides is 2. The van der Waals surface area contributed by atoms with Crippen LogP contribution in [0.25, 0.3) is 0 Å². The molecular formula is C28H32N2O2S. The molecule has 1 heterocycles. The van der Waals surface area contributed by atoms with Crippen LogP contribution in [0.4, 0.5) is 5.00 Å². The zero-order valence-electron chi connectivity index (χ0n) is 19.8. The first-order valence-electron chi connectivity index (χ1n) is 11.6. The highest BCUT2D eigenvalue weighted by Gasteiger charge is 2.34. The van der Waals surface area contributed by atoms with Crippen LogP contribution in [0.1, 0.15) is 76.9 Å². The third-order valence-electron chi connectivity index (χ3n) is 6.63. The molecule has 1 aliphatic rings. The predicted molar refractivity (Wildman–Crippen MR) is 136 cm³/mol. The molecule has 0 unspecified atom stereocenters. The lowest BCUT2D eigenvalue weighted by Crippen LogP contribution is -2.30. The van der Waals surface area contributed by atoms with Gasteiger partial charge in [-0.3, -0.25) is 9.59 Å². The molecule has 4 nitrogen and oxygen atoms in total. The van der Waals surface area contributed by atoms with E-state index in [1.54, 1.807) is 23.5 Å². The Morgan fingerprint density at radius 2 is 1.61 bits per heavy atom. The van der Waals surface area contributed by atoms with Gasteiger partial charge in [-0.15, -0.1) is 11.3 Å². The van der Waals surface area contributed by atoms with Gasteiger partial charge in [-0.05, 0) is 60.8 Å². The molecule has 0 saturated carbocycles. The van der Waals surface area contributed by atoms with Crippen molar-refractivity contribution in [1.82, 2.24) is 5.32 Å². The molecule has 2 aromatic carbocycles. The molecule has 0 aliphatic heterocycles. The van der Waals surface area contributed by atoms with Crippen molar-refractivity contribution >= 4 is 28.2 Å². The lowest BCUT2D eigenvalue weighted by molar-refractivity contribution is 0.0939. The minimum absolute atomic E-state index is 0.124. The zero-order chi connectivity index (χ0) is 23.6. The van der Waals surface area contributed by atoms with Gasteiger partial charge in [0.05, 0.1) is 11.6 Å². The third-order valence-corrected chi connectivity index (χ3v) is 7.80. The summed E-state index contributed by atoms with van der Waals surface area (Å²) in [5.41, 5.74) is 3.58. The monoisotopic (exact) mass is 460 g/mol. The van der Waals surface area contributed by atoms with E-state index in [1.165, 1.54) is 4.88 Å². The molecule has 33 heavy (non-hydrogen) atoms. The van der Waals surface area contributed by atoms with Crippen molar-refractivity contribution in [3.63, 3.8) is 0 Å². The van der Waals surface area contributed by atoms with Crippen LogP contribution in [0.5, 0.6) is 0 Å². The number of fused-ring (bicyclic) bond motifs is 1. The summed E-state index contributed by atoms with van der Waals surface area (Å²) in [6, 6.07) is 19.0. The Balaban J connectivity index is 1.65. The predicted octanol–water partition coefficient (Wildman–Crippen LogP) is 6.64. The van der Waals surface area contributed by atoms with Crippen LogP contribution in [-0.4, -0.2) is 11.8 Å². The largest absolute Gasteiger partial charge is 0.345 e. The molecule has 0 radical (unpaired) electrons. The molecule has 2 N–H and O–H groups in total. The van der Waals surface area contributed by atoms with E-state index in [0.717, 1.165) is 30.4 Å². The van der Waals surface area contributed by atoms with Gasteiger partial charge in [0.1, 0.15) is 5.00 Å². The van der Waals surface area contributed by atoms with Crippen LogP contribution in [0, 0.1) is 11.3 Å². The first kappa shape index (κ1) is 23.2. The van der Waals surface area contributed by atoms with Crippen molar-refractivity contribution in [2.24, 2.45) is 11.3 Å². The van der Waals surface area contributed by atoms with E-state index in [2.05, 4.69) is 31.4 Å². The zero-order valence-corrected chi connectivity index (χ0v) is 20.6. The maximum absolute atomic E-state index is 13.5. The van der Waals surface area contributed by atoms with E-state index < -0.39 is 0 Å². The fraction of sp³-hybridized carbons (Fsp3) is 0.357. The Bertz CT molecular complexity index is 1130. The summed E-state index contributed by atoms with van der Waals surface area (Å²) in [6.45, 7) is 8.83. The number of benzene rings is 2. The number of nitrogens with one attached hydrogen (secondary N) is 2. The Hall–Kier alpha value is -2.92. The second-order valence-electron chi connectivity index (χ2n) is 9.94. The fourth-order valence-electron chi connectivity index (χ4n) is 4.51. The number of carbonyl (C=O) groups excluding carboxylic acids is 2. The van der Waals surface area contributed by atoms with E-state index in [0.29, 0.717) is 22.0 Å². The number of carbonyl (C=O) groups is 2. The minimum atomic E-state index is -0.188. The molecule has 1 aromatic heterocycles. The van der Waals surface area contributed by atoms with Gasteiger partial charge in [0, 0.05) is 10.4 Å². The average Bonchev–Trinajstić information content (AvgIpc) is 3.16. The van der Waals surface area contributed by atoms with E-state index in [4.69, 9.17) is 0 Å². The molecule has 0 fully saturated rings. The fourth-order valence-corrected chi connectivity index (χ4v) is 5.83.